The van der Waals surface area contributed by atoms with Crippen LogP contribution in [0.5, 0.6) is 5.75 Å². The summed E-state index contributed by atoms with van der Waals surface area (Å²) in [6, 6.07) is 9.91. The van der Waals surface area contributed by atoms with Gasteiger partial charge in [0.15, 0.2) is 0 Å². The van der Waals surface area contributed by atoms with Crippen LogP contribution in [0.25, 0.3) is 0 Å². The molecule has 0 amide bonds. The highest BCUT2D eigenvalue weighted by Gasteiger charge is 2.04. The van der Waals surface area contributed by atoms with Crippen molar-refractivity contribution in [3.05, 3.63) is 53.3 Å². The lowest BCUT2D eigenvalue weighted by molar-refractivity contribution is -0.137. The molecule has 5 N–H and O–H groups in total. The molecule has 25 heavy (non-hydrogen) atoms. The Balaban J connectivity index is 0.000000372. The number of carbonyl (C=O) groups excluding carboxylic acids is 1. The molecule has 138 valence electrons. The van der Waals surface area contributed by atoms with E-state index in [-0.39, 0.29) is 23.2 Å². The molecule has 0 atom stereocenters. The van der Waals surface area contributed by atoms with Crippen molar-refractivity contribution < 1.29 is 19.0 Å². The molecule has 0 saturated carbocycles. The van der Waals surface area contributed by atoms with Gasteiger partial charge in [0.1, 0.15) is 11.6 Å². The van der Waals surface area contributed by atoms with Crippen LogP contribution < -0.4 is 11.5 Å². The predicted molar refractivity (Wildman–Crippen MR) is 99.8 cm³/mol. The molecule has 0 aromatic heterocycles. The van der Waals surface area contributed by atoms with Crippen LogP contribution >= 0.6 is 0 Å². The van der Waals surface area contributed by atoms with Crippen LogP contribution in [-0.2, 0) is 22.4 Å². The van der Waals surface area contributed by atoms with Crippen LogP contribution in [0, 0.1) is 5.82 Å². The van der Waals surface area contributed by atoms with Gasteiger partial charge >= 0.3 is 5.97 Å². The predicted octanol–water partition coefficient (Wildman–Crippen LogP) is 3.69. The van der Waals surface area contributed by atoms with E-state index in [1.807, 2.05) is 13.8 Å². The zero-order valence-electron chi connectivity index (χ0n) is 15.2. The van der Waals surface area contributed by atoms with Crippen molar-refractivity contribution in [3.63, 3.8) is 0 Å². The van der Waals surface area contributed by atoms with Gasteiger partial charge in [-0.25, -0.2) is 4.39 Å². The van der Waals surface area contributed by atoms with Crippen molar-refractivity contribution in [3.8, 4) is 5.75 Å². The number of rotatable bonds is 2. The average Bonchev–Trinajstić information content (AvgIpc) is 2.61. The number of methoxy groups -OCH3 is 1. The van der Waals surface area contributed by atoms with Crippen LogP contribution in [0.1, 0.15) is 31.9 Å². The molecule has 0 radical (unpaired) electrons. The van der Waals surface area contributed by atoms with Crippen LogP contribution in [0.4, 0.5) is 15.8 Å². The van der Waals surface area contributed by atoms with E-state index in [9.17, 15) is 9.18 Å². The van der Waals surface area contributed by atoms with Gasteiger partial charge in [0.2, 0.25) is 0 Å². The van der Waals surface area contributed by atoms with Gasteiger partial charge in [0, 0.05) is 6.92 Å². The third-order valence-corrected chi connectivity index (χ3v) is 3.34. The van der Waals surface area contributed by atoms with Gasteiger partial charge in [-0.2, -0.15) is 0 Å². The molecule has 0 aliphatic rings. The van der Waals surface area contributed by atoms with Gasteiger partial charge in [-0.3, -0.25) is 4.79 Å². The molecule has 0 spiro atoms. The van der Waals surface area contributed by atoms with Gasteiger partial charge in [-0.05, 0) is 42.2 Å². The zero-order chi connectivity index (χ0) is 19.4. The molecule has 6 heteroatoms. The summed E-state index contributed by atoms with van der Waals surface area (Å²) in [5.41, 5.74) is 14.0. The van der Waals surface area contributed by atoms with E-state index in [1.165, 1.54) is 31.7 Å². The number of hydrogen-bond acceptors (Lipinski definition) is 5. The first kappa shape index (κ1) is 22.2. The number of aryl methyl sites for hydroxylation is 2. The molecule has 0 aliphatic carbocycles. The van der Waals surface area contributed by atoms with Crippen molar-refractivity contribution in [2.24, 2.45) is 0 Å². The van der Waals surface area contributed by atoms with E-state index in [0.717, 1.165) is 18.4 Å². The number of phenolic OH excluding ortho intramolecular Hbond substituents is 1. The SMILES string of the molecule is CCc1ccc(F)cc1.CCc1ccc(O)c(N)c1N.COC(C)=O. The molecule has 2 rings (SSSR count). The summed E-state index contributed by atoms with van der Waals surface area (Å²) >= 11 is 0. The maximum absolute atomic E-state index is 12.2. The second kappa shape index (κ2) is 11.7. The van der Waals surface area contributed by atoms with Crippen LogP contribution in [0.3, 0.4) is 0 Å². The summed E-state index contributed by atoms with van der Waals surface area (Å²) in [6.45, 7) is 5.40. The van der Waals surface area contributed by atoms with Crippen LogP contribution in [0.15, 0.2) is 36.4 Å². The number of phenols is 1. The van der Waals surface area contributed by atoms with Gasteiger partial charge in [-0.1, -0.05) is 32.0 Å². The molecule has 0 unspecified atom stereocenters. The van der Waals surface area contributed by atoms with Crippen molar-refractivity contribution in [2.75, 3.05) is 18.6 Å². The first-order valence-corrected chi connectivity index (χ1v) is 7.91. The van der Waals surface area contributed by atoms with E-state index >= 15 is 0 Å². The Morgan fingerprint density at radius 1 is 1.04 bits per heavy atom. The molecular weight excluding hydrogens is 323 g/mol. The standard InChI is InChI=1S/C8H9F.C8H12N2O.C3H6O2/c1-2-7-3-5-8(9)6-4-7;1-2-5-3-4-6(11)8(10)7(5)9;1-3(4)5-2/h3-6H,2H2,1H3;3-4,11H,2,9-10H2,1H3;1-2H3. The highest BCUT2D eigenvalue weighted by Crippen LogP contribution is 2.29. The van der Waals surface area contributed by atoms with E-state index < -0.39 is 0 Å². The van der Waals surface area contributed by atoms with E-state index in [0.29, 0.717) is 5.69 Å². The summed E-state index contributed by atoms with van der Waals surface area (Å²) in [4.78, 5) is 9.59. The fourth-order valence-corrected chi connectivity index (χ4v) is 1.70. The average molecular weight is 350 g/mol. The quantitative estimate of drug-likeness (QED) is 0.436. The smallest absolute Gasteiger partial charge is 0.302 e. The number of carbonyl (C=O) groups is 1. The van der Waals surface area contributed by atoms with E-state index in [1.54, 1.807) is 24.3 Å². The third kappa shape index (κ3) is 8.60. The molecule has 0 bridgehead atoms. The molecular formula is C19H27FN2O3. The minimum Gasteiger partial charge on any atom is -0.506 e. The first-order chi connectivity index (χ1) is 11.8. The zero-order valence-corrected chi connectivity index (χ0v) is 15.2. The van der Waals surface area contributed by atoms with Crippen LogP contribution in [0.2, 0.25) is 0 Å². The lowest BCUT2D eigenvalue weighted by atomic mass is 10.1. The molecule has 5 nitrogen and oxygen atoms in total. The number of halogens is 1. The number of ether oxygens (including phenoxy) is 1. The first-order valence-electron chi connectivity index (χ1n) is 7.91. The molecule has 0 saturated heterocycles. The summed E-state index contributed by atoms with van der Waals surface area (Å²) in [7, 11) is 1.35. The van der Waals surface area contributed by atoms with E-state index in [4.69, 9.17) is 16.6 Å². The second-order valence-electron chi connectivity index (χ2n) is 5.10. The van der Waals surface area contributed by atoms with Gasteiger partial charge in [0.25, 0.3) is 0 Å². The minimum atomic E-state index is -0.245. The fourth-order valence-electron chi connectivity index (χ4n) is 1.70. The number of benzene rings is 2. The molecule has 0 heterocycles. The van der Waals surface area contributed by atoms with E-state index in [2.05, 4.69) is 4.74 Å². The maximum atomic E-state index is 12.2. The van der Waals surface area contributed by atoms with Crippen molar-refractivity contribution in [1.82, 2.24) is 0 Å². The Hall–Kier alpha value is -2.76. The summed E-state index contributed by atoms with van der Waals surface area (Å²) in [5.74, 6) is -0.350. The molecule has 2 aromatic rings. The normalized spacial score (nSPS) is 9.16. The van der Waals surface area contributed by atoms with Gasteiger partial charge in [-0.15, -0.1) is 0 Å². The number of nitrogens with two attached hydrogens (primary N) is 2. The Morgan fingerprint density at radius 2 is 1.56 bits per heavy atom. The maximum Gasteiger partial charge on any atom is 0.302 e. The van der Waals surface area contributed by atoms with Gasteiger partial charge in [0.05, 0.1) is 18.5 Å². The Labute approximate surface area is 148 Å². The Bertz CT molecular complexity index is 658. The largest absolute Gasteiger partial charge is 0.506 e. The highest BCUT2D eigenvalue weighted by molar-refractivity contribution is 5.73. The lowest BCUT2D eigenvalue weighted by Gasteiger charge is -2.06. The van der Waals surface area contributed by atoms with Crippen molar-refractivity contribution in [2.45, 2.75) is 33.6 Å². The minimum absolute atomic E-state index is 0.0553. The summed E-state index contributed by atoms with van der Waals surface area (Å²) in [5, 5.41) is 9.12. The number of esters is 1. The highest BCUT2D eigenvalue weighted by atomic mass is 19.1. The Morgan fingerprint density at radius 3 is 1.96 bits per heavy atom. The van der Waals surface area contributed by atoms with Gasteiger partial charge < -0.3 is 21.3 Å². The lowest BCUT2D eigenvalue weighted by Crippen LogP contribution is -1.98. The second-order valence-corrected chi connectivity index (χ2v) is 5.10. The topological polar surface area (TPSA) is 98.6 Å². The number of hydrogen-bond donors (Lipinski definition) is 3. The molecule has 2 aromatic carbocycles. The Kier molecular flexibility index (Phi) is 10.4. The molecule has 0 aliphatic heterocycles. The fraction of sp³-hybridized carbons (Fsp3) is 0.316. The summed E-state index contributed by atoms with van der Waals surface area (Å²) in [6.07, 6.45) is 1.80. The third-order valence-electron chi connectivity index (χ3n) is 3.34. The monoisotopic (exact) mass is 350 g/mol. The van der Waals surface area contributed by atoms with Crippen molar-refractivity contribution >= 4 is 17.3 Å². The van der Waals surface area contributed by atoms with Crippen LogP contribution in [-0.4, -0.2) is 18.2 Å². The summed E-state index contributed by atoms with van der Waals surface area (Å²) < 4.78 is 16.3. The van der Waals surface area contributed by atoms with Crippen molar-refractivity contribution in [1.29, 1.82) is 0 Å². The number of anilines is 2. The molecule has 0 fully saturated rings. The number of nitrogen functional groups attached to an aromatic ring is 2. The number of aromatic hydroxyl groups is 1.